The first-order valence-corrected chi connectivity index (χ1v) is 7.06. The minimum Gasteiger partial charge on any atom is -0.384 e. The Labute approximate surface area is 125 Å². The molecule has 0 radical (unpaired) electrons. The van der Waals surface area contributed by atoms with Crippen LogP contribution < -0.4 is 0 Å². The Morgan fingerprint density at radius 3 is 2.86 bits per heavy atom. The van der Waals surface area contributed by atoms with Crippen LogP contribution in [0.5, 0.6) is 0 Å². The summed E-state index contributed by atoms with van der Waals surface area (Å²) in [5.74, 6) is 5.53. The predicted molar refractivity (Wildman–Crippen MR) is 81.1 cm³/mol. The van der Waals surface area contributed by atoms with Gasteiger partial charge in [-0.05, 0) is 44.5 Å². The van der Waals surface area contributed by atoms with E-state index >= 15 is 0 Å². The van der Waals surface area contributed by atoms with Gasteiger partial charge >= 0.3 is 0 Å². The molecule has 1 N–H and O–H groups in total. The molecule has 1 fully saturated rings. The third kappa shape index (κ3) is 3.44. The topological polar surface area (TPSA) is 49.8 Å². The van der Waals surface area contributed by atoms with Crippen LogP contribution in [-0.2, 0) is 4.74 Å². The van der Waals surface area contributed by atoms with Crippen molar-refractivity contribution in [2.75, 3.05) is 26.4 Å². The van der Waals surface area contributed by atoms with Crippen LogP contribution in [0.25, 0.3) is 0 Å². The first kappa shape index (κ1) is 15.6. The number of rotatable bonds is 1. The Kier molecular flexibility index (Phi) is 4.66. The maximum Gasteiger partial charge on any atom is 0.254 e. The molecule has 0 bridgehead atoms. The van der Waals surface area contributed by atoms with Crippen LogP contribution in [0.3, 0.4) is 0 Å². The van der Waals surface area contributed by atoms with E-state index in [4.69, 9.17) is 9.84 Å². The van der Waals surface area contributed by atoms with Gasteiger partial charge in [-0.3, -0.25) is 4.79 Å². The SMILES string of the molecule is Cc1cc(C(=O)N2CCOCC2(C)C)ccc1C#CCO. The standard InChI is InChI=1S/C17H21NO3/c1-13-11-15(7-6-14(13)5-4-9-19)16(20)18-8-10-21-12-17(18,2)3/h6-7,11,19H,8-10,12H2,1-3H3. The van der Waals surface area contributed by atoms with Crippen molar-refractivity contribution in [3.63, 3.8) is 0 Å². The van der Waals surface area contributed by atoms with Crippen LogP contribution in [0.1, 0.15) is 35.3 Å². The van der Waals surface area contributed by atoms with Gasteiger partial charge in [0.05, 0.1) is 18.8 Å². The number of hydrogen-bond acceptors (Lipinski definition) is 3. The number of aliphatic hydroxyl groups excluding tert-OH is 1. The van der Waals surface area contributed by atoms with Crippen molar-refractivity contribution < 1.29 is 14.6 Å². The number of carbonyl (C=O) groups excluding carboxylic acids is 1. The number of carbonyl (C=O) groups is 1. The number of nitrogens with zero attached hydrogens (tertiary/aromatic N) is 1. The number of hydrogen-bond donors (Lipinski definition) is 1. The van der Waals surface area contributed by atoms with E-state index in [0.717, 1.165) is 11.1 Å². The van der Waals surface area contributed by atoms with Gasteiger partial charge in [-0.2, -0.15) is 0 Å². The van der Waals surface area contributed by atoms with Gasteiger partial charge < -0.3 is 14.7 Å². The van der Waals surface area contributed by atoms with E-state index < -0.39 is 0 Å². The molecule has 0 spiro atoms. The van der Waals surface area contributed by atoms with E-state index in [1.54, 1.807) is 6.07 Å². The quantitative estimate of drug-likeness (QED) is 0.798. The largest absolute Gasteiger partial charge is 0.384 e. The highest BCUT2D eigenvalue weighted by Crippen LogP contribution is 2.22. The fraction of sp³-hybridized carbons (Fsp3) is 0.471. The molecule has 4 nitrogen and oxygen atoms in total. The molecule has 1 amide bonds. The number of ether oxygens (including phenoxy) is 1. The molecule has 0 unspecified atom stereocenters. The number of aliphatic hydroxyl groups is 1. The molecule has 0 aromatic heterocycles. The molecule has 0 aliphatic carbocycles. The van der Waals surface area contributed by atoms with Crippen LogP contribution in [0, 0.1) is 18.8 Å². The molecule has 0 atom stereocenters. The van der Waals surface area contributed by atoms with Crippen molar-refractivity contribution in [1.82, 2.24) is 4.90 Å². The molecule has 1 heterocycles. The molecule has 112 valence electrons. The molecule has 1 aliphatic heterocycles. The van der Waals surface area contributed by atoms with E-state index in [1.165, 1.54) is 0 Å². The van der Waals surface area contributed by atoms with Crippen molar-refractivity contribution >= 4 is 5.91 Å². The Morgan fingerprint density at radius 1 is 1.48 bits per heavy atom. The Bertz CT molecular complexity index is 596. The summed E-state index contributed by atoms with van der Waals surface area (Å²) in [6, 6.07) is 5.48. The fourth-order valence-corrected chi connectivity index (χ4v) is 2.46. The second-order valence-corrected chi connectivity index (χ2v) is 5.81. The number of benzene rings is 1. The highest BCUT2D eigenvalue weighted by Gasteiger charge is 2.34. The average Bonchev–Trinajstić information content (AvgIpc) is 2.45. The van der Waals surface area contributed by atoms with Crippen LogP contribution in [-0.4, -0.2) is 47.8 Å². The monoisotopic (exact) mass is 287 g/mol. The molecule has 0 saturated carbocycles. The molecule has 4 heteroatoms. The van der Waals surface area contributed by atoms with Gasteiger partial charge in [0.25, 0.3) is 5.91 Å². The number of morpholine rings is 1. The van der Waals surface area contributed by atoms with Gasteiger partial charge in [0.15, 0.2) is 0 Å². The molecule has 1 aromatic carbocycles. The van der Waals surface area contributed by atoms with E-state index in [2.05, 4.69) is 11.8 Å². The molecule has 21 heavy (non-hydrogen) atoms. The molecule has 1 aromatic rings. The summed E-state index contributed by atoms with van der Waals surface area (Å²) >= 11 is 0. The van der Waals surface area contributed by atoms with Gasteiger partial charge in [-0.15, -0.1) is 0 Å². The van der Waals surface area contributed by atoms with E-state index in [-0.39, 0.29) is 18.1 Å². The maximum atomic E-state index is 12.7. The van der Waals surface area contributed by atoms with Crippen molar-refractivity contribution in [1.29, 1.82) is 0 Å². The molecule has 2 rings (SSSR count). The van der Waals surface area contributed by atoms with Gasteiger partial charge in [0.2, 0.25) is 0 Å². The Morgan fingerprint density at radius 2 is 2.24 bits per heavy atom. The number of aryl methyl sites for hydroxylation is 1. The first-order chi connectivity index (χ1) is 9.95. The van der Waals surface area contributed by atoms with Crippen LogP contribution in [0.2, 0.25) is 0 Å². The summed E-state index contributed by atoms with van der Waals surface area (Å²) < 4.78 is 5.45. The fourth-order valence-electron chi connectivity index (χ4n) is 2.46. The zero-order valence-electron chi connectivity index (χ0n) is 12.8. The van der Waals surface area contributed by atoms with Crippen molar-refractivity contribution in [2.24, 2.45) is 0 Å². The summed E-state index contributed by atoms with van der Waals surface area (Å²) in [5, 5.41) is 8.74. The van der Waals surface area contributed by atoms with E-state index in [1.807, 2.05) is 37.8 Å². The zero-order valence-corrected chi connectivity index (χ0v) is 12.8. The van der Waals surface area contributed by atoms with Crippen LogP contribution in [0.4, 0.5) is 0 Å². The van der Waals surface area contributed by atoms with Crippen molar-refractivity contribution in [2.45, 2.75) is 26.3 Å². The summed E-state index contributed by atoms with van der Waals surface area (Å²) in [6.07, 6.45) is 0. The molecular weight excluding hydrogens is 266 g/mol. The highest BCUT2D eigenvalue weighted by atomic mass is 16.5. The smallest absolute Gasteiger partial charge is 0.254 e. The lowest BCUT2D eigenvalue weighted by Gasteiger charge is -2.42. The third-order valence-electron chi connectivity index (χ3n) is 3.67. The van der Waals surface area contributed by atoms with E-state index in [9.17, 15) is 4.79 Å². The lowest BCUT2D eigenvalue weighted by molar-refractivity contribution is -0.0370. The van der Waals surface area contributed by atoms with Crippen molar-refractivity contribution in [3.8, 4) is 11.8 Å². The number of amides is 1. The molecule has 1 aliphatic rings. The second kappa shape index (κ2) is 6.30. The van der Waals surface area contributed by atoms with Crippen LogP contribution >= 0.6 is 0 Å². The lowest BCUT2D eigenvalue weighted by atomic mass is 9.99. The second-order valence-electron chi connectivity index (χ2n) is 5.81. The minimum absolute atomic E-state index is 0.0214. The van der Waals surface area contributed by atoms with Crippen LogP contribution in [0.15, 0.2) is 18.2 Å². The highest BCUT2D eigenvalue weighted by molar-refractivity contribution is 5.95. The summed E-state index contributed by atoms with van der Waals surface area (Å²) in [6.45, 7) is 7.52. The summed E-state index contributed by atoms with van der Waals surface area (Å²) in [5.41, 5.74) is 2.14. The molecular formula is C17H21NO3. The maximum absolute atomic E-state index is 12.7. The molecule has 1 saturated heterocycles. The average molecular weight is 287 g/mol. The Hall–Kier alpha value is -1.83. The van der Waals surface area contributed by atoms with Crippen molar-refractivity contribution in [3.05, 3.63) is 34.9 Å². The van der Waals surface area contributed by atoms with Gasteiger partial charge in [-0.25, -0.2) is 0 Å². The minimum atomic E-state index is -0.293. The predicted octanol–water partition coefficient (Wildman–Crippen LogP) is 1.59. The zero-order chi connectivity index (χ0) is 15.5. The Balaban J connectivity index is 2.25. The lowest BCUT2D eigenvalue weighted by Crippen LogP contribution is -2.55. The van der Waals surface area contributed by atoms with Gasteiger partial charge in [-0.1, -0.05) is 11.8 Å². The third-order valence-corrected chi connectivity index (χ3v) is 3.67. The van der Waals surface area contributed by atoms with Gasteiger partial charge in [0, 0.05) is 17.7 Å². The summed E-state index contributed by atoms with van der Waals surface area (Å²) in [7, 11) is 0. The van der Waals surface area contributed by atoms with Gasteiger partial charge in [0.1, 0.15) is 6.61 Å². The summed E-state index contributed by atoms with van der Waals surface area (Å²) in [4.78, 5) is 14.6. The normalized spacial score (nSPS) is 17.0. The first-order valence-electron chi connectivity index (χ1n) is 7.06. The van der Waals surface area contributed by atoms with E-state index in [0.29, 0.717) is 25.3 Å².